The molecule has 0 atom stereocenters. The molecule has 2 rings (SSSR count). The fourth-order valence-electron chi connectivity index (χ4n) is 1.99. The lowest BCUT2D eigenvalue weighted by Gasteiger charge is -2.21. The zero-order valence-corrected chi connectivity index (χ0v) is 10.6. The van der Waals surface area contributed by atoms with Gasteiger partial charge in [-0.1, -0.05) is 12.1 Å². The van der Waals surface area contributed by atoms with Crippen molar-refractivity contribution in [3.05, 3.63) is 24.3 Å². The number of methoxy groups -OCH3 is 1. The Bertz CT molecular complexity index is 401. The second kappa shape index (κ2) is 6.26. The lowest BCUT2D eigenvalue weighted by Crippen LogP contribution is -2.37. The normalized spacial score (nSPS) is 15.9. The molecule has 18 heavy (non-hydrogen) atoms. The molecule has 0 aliphatic carbocycles. The highest BCUT2D eigenvalue weighted by molar-refractivity contribution is 5.91. The molecule has 5 nitrogen and oxygen atoms in total. The van der Waals surface area contributed by atoms with Crippen LogP contribution in [0.3, 0.4) is 0 Å². The molecule has 5 heteroatoms. The predicted molar refractivity (Wildman–Crippen MR) is 71.1 cm³/mol. The van der Waals surface area contributed by atoms with Crippen LogP contribution in [0.25, 0.3) is 0 Å². The highest BCUT2D eigenvalue weighted by Crippen LogP contribution is 2.23. The molecule has 2 amide bonds. The number of benzene rings is 1. The Morgan fingerprint density at radius 3 is 3.00 bits per heavy atom. The van der Waals surface area contributed by atoms with Crippen molar-refractivity contribution in [2.75, 3.05) is 38.6 Å². The topological polar surface area (TPSA) is 53.6 Å². The predicted octanol–water partition coefficient (Wildman–Crippen LogP) is 1.52. The highest BCUT2D eigenvalue weighted by Gasteiger charge is 2.16. The summed E-state index contributed by atoms with van der Waals surface area (Å²) in [5.74, 6) is 0.679. The number of anilines is 1. The van der Waals surface area contributed by atoms with Gasteiger partial charge in [0.1, 0.15) is 5.75 Å². The van der Waals surface area contributed by atoms with Gasteiger partial charge in [0.15, 0.2) is 0 Å². The maximum Gasteiger partial charge on any atom is 0.321 e. The average molecular weight is 249 g/mol. The Kier molecular flexibility index (Phi) is 4.41. The first-order valence-corrected chi connectivity index (χ1v) is 6.21. The lowest BCUT2D eigenvalue weighted by molar-refractivity contribution is 0.215. The smallest absolute Gasteiger partial charge is 0.321 e. The third kappa shape index (κ3) is 3.13. The van der Waals surface area contributed by atoms with E-state index in [4.69, 9.17) is 4.74 Å². The molecule has 1 aliphatic rings. The second-order valence-electron chi connectivity index (χ2n) is 4.22. The summed E-state index contributed by atoms with van der Waals surface area (Å²) in [6.45, 7) is 3.34. The number of amides is 2. The van der Waals surface area contributed by atoms with Crippen LogP contribution < -0.4 is 15.4 Å². The van der Waals surface area contributed by atoms with Crippen molar-refractivity contribution in [3.63, 3.8) is 0 Å². The number of para-hydroxylation sites is 2. The molecule has 1 aliphatic heterocycles. The van der Waals surface area contributed by atoms with E-state index in [1.165, 1.54) is 0 Å². The molecular formula is C13H19N3O2. The summed E-state index contributed by atoms with van der Waals surface area (Å²) in [7, 11) is 1.60. The van der Waals surface area contributed by atoms with Crippen LogP contribution in [0.1, 0.15) is 6.42 Å². The Labute approximate surface area is 107 Å². The molecule has 98 valence electrons. The Morgan fingerprint density at radius 1 is 1.33 bits per heavy atom. The van der Waals surface area contributed by atoms with E-state index < -0.39 is 0 Å². The second-order valence-corrected chi connectivity index (χ2v) is 4.22. The van der Waals surface area contributed by atoms with Gasteiger partial charge in [0.25, 0.3) is 0 Å². The summed E-state index contributed by atoms with van der Waals surface area (Å²) >= 11 is 0. The summed E-state index contributed by atoms with van der Waals surface area (Å²) in [5.41, 5.74) is 0.710. The first kappa shape index (κ1) is 12.7. The lowest BCUT2D eigenvalue weighted by atomic mass is 10.3. The summed E-state index contributed by atoms with van der Waals surface area (Å²) in [5, 5.41) is 6.17. The first-order chi connectivity index (χ1) is 8.81. The number of hydrogen-bond donors (Lipinski definition) is 2. The van der Waals surface area contributed by atoms with E-state index in [-0.39, 0.29) is 6.03 Å². The Hall–Kier alpha value is -1.75. The van der Waals surface area contributed by atoms with Gasteiger partial charge in [0.2, 0.25) is 0 Å². The van der Waals surface area contributed by atoms with E-state index in [9.17, 15) is 4.79 Å². The minimum absolute atomic E-state index is 0.0665. The largest absolute Gasteiger partial charge is 0.495 e. The van der Waals surface area contributed by atoms with Gasteiger partial charge in [-0.15, -0.1) is 0 Å². The van der Waals surface area contributed by atoms with Gasteiger partial charge in [-0.3, -0.25) is 0 Å². The number of ether oxygens (including phenoxy) is 1. The molecule has 0 saturated carbocycles. The summed E-state index contributed by atoms with van der Waals surface area (Å²) in [6, 6.07) is 7.36. The van der Waals surface area contributed by atoms with Crippen LogP contribution >= 0.6 is 0 Å². The number of carbonyl (C=O) groups excluding carboxylic acids is 1. The molecule has 0 spiro atoms. The van der Waals surface area contributed by atoms with Crippen molar-refractivity contribution in [3.8, 4) is 5.75 Å². The Balaban J connectivity index is 2.01. The third-order valence-electron chi connectivity index (χ3n) is 2.98. The maximum atomic E-state index is 12.1. The van der Waals surface area contributed by atoms with Gasteiger partial charge >= 0.3 is 6.03 Å². The number of rotatable bonds is 2. The van der Waals surface area contributed by atoms with E-state index in [0.717, 1.165) is 32.6 Å². The summed E-state index contributed by atoms with van der Waals surface area (Å²) in [6.07, 6.45) is 0.985. The van der Waals surface area contributed by atoms with E-state index >= 15 is 0 Å². The SMILES string of the molecule is COc1ccccc1NC(=O)N1CCCNCC1. The van der Waals surface area contributed by atoms with Crippen molar-refractivity contribution < 1.29 is 9.53 Å². The van der Waals surface area contributed by atoms with Crippen LogP contribution in [-0.2, 0) is 0 Å². The van der Waals surface area contributed by atoms with Crippen LogP contribution in [0.2, 0.25) is 0 Å². The molecule has 1 aromatic carbocycles. The maximum absolute atomic E-state index is 12.1. The minimum atomic E-state index is -0.0665. The molecule has 0 bridgehead atoms. The van der Waals surface area contributed by atoms with E-state index in [1.807, 2.05) is 29.2 Å². The Morgan fingerprint density at radius 2 is 2.17 bits per heavy atom. The minimum Gasteiger partial charge on any atom is -0.495 e. The number of carbonyl (C=O) groups is 1. The van der Waals surface area contributed by atoms with Gasteiger partial charge in [-0.25, -0.2) is 4.79 Å². The van der Waals surface area contributed by atoms with Gasteiger partial charge in [0.05, 0.1) is 12.8 Å². The van der Waals surface area contributed by atoms with Crippen LogP contribution in [0.5, 0.6) is 5.75 Å². The van der Waals surface area contributed by atoms with Gasteiger partial charge in [-0.2, -0.15) is 0 Å². The fraction of sp³-hybridized carbons (Fsp3) is 0.462. The first-order valence-electron chi connectivity index (χ1n) is 6.21. The van der Waals surface area contributed by atoms with Crippen LogP contribution in [0.15, 0.2) is 24.3 Å². The molecule has 0 aromatic heterocycles. The van der Waals surface area contributed by atoms with Crippen LogP contribution in [-0.4, -0.2) is 44.2 Å². The number of nitrogens with zero attached hydrogens (tertiary/aromatic N) is 1. The number of nitrogens with one attached hydrogen (secondary N) is 2. The van der Waals surface area contributed by atoms with Crippen molar-refractivity contribution in [1.82, 2.24) is 10.2 Å². The van der Waals surface area contributed by atoms with E-state index in [1.54, 1.807) is 7.11 Å². The molecule has 1 aromatic rings. The van der Waals surface area contributed by atoms with Crippen LogP contribution in [0, 0.1) is 0 Å². The molecule has 0 radical (unpaired) electrons. The summed E-state index contributed by atoms with van der Waals surface area (Å²) < 4.78 is 5.21. The monoisotopic (exact) mass is 249 g/mol. The fourth-order valence-corrected chi connectivity index (χ4v) is 1.99. The third-order valence-corrected chi connectivity index (χ3v) is 2.98. The summed E-state index contributed by atoms with van der Waals surface area (Å²) in [4.78, 5) is 13.9. The molecule has 1 fully saturated rings. The number of urea groups is 1. The zero-order chi connectivity index (χ0) is 12.8. The quantitative estimate of drug-likeness (QED) is 0.835. The molecule has 1 heterocycles. The highest BCUT2D eigenvalue weighted by atomic mass is 16.5. The molecular weight excluding hydrogens is 230 g/mol. The zero-order valence-electron chi connectivity index (χ0n) is 10.6. The number of hydrogen-bond acceptors (Lipinski definition) is 3. The van der Waals surface area contributed by atoms with E-state index in [0.29, 0.717) is 11.4 Å². The molecule has 2 N–H and O–H groups in total. The van der Waals surface area contributed by atoms with Crippen molar-refractivity contribution in [2.45, 2.75) is 6.42 Å². The van der Waals surface area contributed by atoms with Gasteiger partial charge in [0, 0.05) is 19.6 Å². The van der Waals surface area contributed by atoms with Crippen molar-refractivity contribution in [1.29, 1.82) is 0 Å². The van der Waals surface area contributed by atoms with Crippen molar-refractivity contribution in [2.24, 2.45) is 0 Å². The average Bonchev–Trinajstić information content (AvgIpc) is 2.68. The van der Waals surface area contributed by atoms with Crippen LogP contribution in [0.4, 0.5) is 10.5 Å². The van der Waals surface area contributed by atoms with Crippen molar-refractivity contribution >= 4 is 11.7 Å². The van der Waals surface area contributed by atoms with Gasteiger partial charge < -0.3 is 20.3 Å². The van der Waals surface area contributed by atoms with E-state index in [2.05, 4.69) is 10.6 Å². The molecule has 1 saturated heterocycles. The standard InChI is InChI=1S/C13H19N3O2/c1-18-12-6-3-2-5-11(12)15-13(17)16-9-4-7-14-8-10-16/h2-3,5-6,14H,4,7-10H2,1H3,(H,15,17). The molecule has 0 unspecified atom stereocenters. The van der Waals surface area contributed by atoms with Gasteiger partial charge in [-0.05, 0) is 25.1 Å².